The molecule has 0 radical (unpaired) electrons. The SMILES string of the molecule is CCc1ccnc(C(=O)N[C@H]2CC[C@H](N)CC2)c1. The summed E-state index contributed by atoms with van der Waals surface area (Å²) in [6, 6.07) is 4.37. The number of nitrogens with one attached hydrogen (secondary N) is 1. The lowest BCUT2D eigenvalue weighted by Crippen LogP contribution is -2.40. The molecule has 98 valence electrons. The highest BCUT2D eigenvalue weighted by Crippen LogP contribution is 2.17. The Kier molecular flexibility index (Phi) is 4.31. The standard InChI is InChI=1S/C14H21N3O/c1-2-10-7-8-16-13(9-10)14(18)17-12-5-3-11(15)4-6-12/h7-9,11-12H,2-6,15H2,1H3,(H,17,18)/t11-,12-. The lowest BCUT2D eigenvalue weighted by Gasteiger charge is -2.26. The van der Waals surface area contributed by atoms with Crippen LogP contribution in [0.15, 0.2) is 18.3 Å². The molecule has 18 heavy (non-hydrogen) atoms. The molecule has 0 unspecified atom stereocenters. The molecule has 1 amide bonds. The number of rotatable bonds is 3. The van der Waals surface area contributed by atoms with E-state index < -0.39 is 0 Å². The summed E-state index contributed by atoms with van der Waals surface area (Å²) < 4.78 is 0. The van der Waals surface area contributed by atoms with Crippen LogP contribution < -0.4 is 11.1 Å². The van der Waals surface area contributed by atoms with Crippen LogP contribution in [0.4, 0.5) is 0 Å². The zero-order valence-corrected chi connectivity index (χ0v) is 10.9. The fourth-order valence-electron chi connectivity index (χ4n) is 2.34. The maximum Gasteiger partial charge on any atom is 0.270 e. The Bertz CT molecular complexity index is 411. The molecule has 1 aromatic rings. The molecule has 1 aliphatic carbocycles. The Hall–Kier alpha value is -1.42. The largest absolute Gasteiger partial charge is 0.348 e. The minimum atomic E-state index is -0.0641. The molecule has 1 aromatic heterocycles. The van der Waals surface area contributed by atoms with Gasteiger partial charge in [0, 0.05) is 18.3 Å². The molecule has 0 aliphatic heterocycles. The van der Waals surface area contributed by atoms with Crippen molar-refractivity contribution in [1.29, 1.82) is 0 Å². The first kappa shape index (κ1) is 13.0. The Morgan fingerprint density at radius 1 is 1.44 bits per heavy atom. The van der Waals surface area contributed by atoms with Crippen molar-refractivity contribution < 1.29 is 4.79 Å². The van der Waals surface area contributed by atoms with Crippen molar-refractivity contribution in [3.8, 4) is 0 Å². The normalized spacial score (nSPS) is 23.7. The number of hydrogen-bond acceptors (Lipinski definition) is 3. The smallest absolute Gasteiger partial charge is 0.270 e. The van der Waals surface area contributed by atoms with Crippen molar-refractivity contribution >= 4 is 5.91 Å². The summed E-state index contributed by atoms with van der Waals surface area (Å²) in [6.45, 7) is 2.07. The molecule has 1 fully saturated rings. The highest BCUT2D eigenvalue weighted by atomic mass is 16.1. The average molecular weight is 247 g/mol. The van der Waals surface area contributed by atoms with Gasteiger partial charge in [-0.25, -0.2) is 0 Å². The van der Waals surface area contributed by atoms with Gasteiger partial charge in [-0.1, -0.05) is 6.92 Å². The minimum absolute atomic E-state index is 0.0641. The van der Waals surface area contributed by atoms with Crippen LogP contribution in [0.2, 0.25) is 0 Å². The highest BCUT2D eigenvalue weighted by Gasteiger charge is 2.20. The van der Waals surface area contributed by atoms with Crippen molar-refractivity contribution in [2.24, 2.45) is 5.73 Å². The predicted molar refractivity (Wildman–Crippen MR) is 71.3 cm³/mol. The van der Waals surface area contributed by atoms with Gasteiger partial charge >= 0.3 is 0 Å². The fourth-order valence-corrected chi connectivity index (χ4v) is 2.34. The number of hydrogen-bond donors (Lipinski definition) is 2. The van der Waals surface area contributed by atoms with E-state index in [0.717, 1.165) is 37.7 Å². The van der Waals surface area contributed by atoms with Gasteiger partial charge in [0.05, 0.1) is 0 Å². The number of carbonyl (C=O) groups excluding carboxylic acids is 1. The van der Waals surface area contributed by atoms with E-state index in [1.165, 1.54) is 0 Å². The van der Waals surface area contributed by atoms with Crippen molar-refractivity contribution in [3.05, 3.63) is 29.6 Å². The van der Waals surface area contributed by atoms with E-state index in [0.29, 0.717) is 11.7 Å². The van der Waals surface area contributed by atoms with E-state index in [2.05, 4.69) is 17.2 Å². The minimum Gasteiger partial charge on any atom is -0.348 e. The number of carbonyl (C=O) groups is 1. The number of pyridine rings is 1. The average Bonchev–Trinajstić information content (AvgIpc) is 2.41. The first-order valence-corrected chi connectivity index (χ1v) is 6.70. The van der Waals surface area contributed by atoms with Crippen LogP contribution in [-0.4, -0.2) is 23.0 Å². The second-order valence-electron chi connectivity index (χ2n) is 4.99. The Labute approximate surface area is 108 Å². The third-order valence-electron chi connectivity index (χ3n) is 3.57. The first-order valence-electron chi connectivity index (χ1n) is 6.70. The number of aromatic nitrogens is 1. The lowest BCUT2D eigenvalue weighted by molar-refractivity contribution is 0.0920. The van der Waals surface area contributed by atoms with Crippen molar-refractivity contribution in [2.75, 3.05) is 0 Å². The molecule has 1 heterocycles. The van der Waals surface area contributed by atoms with Crippen LogP contribution in [0.1, 0.15) is 48.7 Å². The van der Waals surface area contributed by atoms with Crippen LogP contribution in [0.25, 0.3) is 0 Å². The quantitative estimate of drug-likeness (QED) is 0.853. The van der Waals surface area contributed by atoms with Crippen LogP contribution in [0.3, 0.4) is 0 Å². The summed E-state index contributed by atoms with van der Waals surface area (Å²) in [5, 5.41) is 3.05. The zero-order chi connectivity index (χ0) is 13.0. The third kappa shape index (κ3) is 3.29. The van der Waals surface area contributed by atoms with Gasteiger partial charge in [0.1, 0.15) is 5.69 Å². The van der Waals surface area contributed by atoms with Crippen molar-refractivity contribution in [2.45, 2.75) is 51.1 Å². The second-order valence-corrected chi connectivity index (χ2v) is 4.99. The maximum atomic E-state index is 12.1. The van der Waals surface area contributed by atoms with E-state index in [4.69, 9.17) is 5.73 Å². The lowest BCUT2D eigenvalue weighted by atomic mass is 9.92. The van der Waals surface area contributed by atoms with E-state index >= 15 is 0 Å². The van der Waals surface area contributed by atoms with Crippen LogP contribution in [0, 0.1) is 0 Å². The predicted octanol–water partition coefficient (Wildman–Crippen LogP) is 1.64. The summed E-state index contributed by atoms with van der Waals surface area (Å²) in [4.78, 5) is 16.2. The van der Waals surface area contributed by atoms with Gasteiger partial charge in [-0.15, -0.1) is 0 Å². The molecule has 3 N–H and O–H groups in total. The summed E-state index contributed by atoms with van der Waals surface area (Å²) >= 11 is 0. The van der Waals surface area contributed by atoms with E-state index in [-0.39, 0.29) is 11.9 Å². The van der Waals surface area contributed by atoms with E-state index in [9.17, 15) is 4.79 Å². The number of nitrogens with zero attached hydrogens (tertiary/aromatic N) is 1. The highest BCUT2D eigenvalue weighted by molar-refractivity contribution is 5.92. The van der Waals surface area contributed by atoms with Crippen molar-refractivity contribution in [3.63, 3.8) is 0 Å². The number of amides is 1. The number of nitrogens with two attached hydrogens (primary N) is 1. The van der Waals surface area contributed by atoms with E-state index in [1.54, 1.807) is 6.20 Å². The molecule has 0 spiro atoms. The molecular formula is C14H21N3O. The van der Waals surface area contributed by atoms with Gasteiger partial charge in [0.2, 0.25) is 0 Å². The summed E-state index contributed by atoms with van der Waals surface area (Å²) in [7, 11) is 0. The molecule has 4 heteroatoms. The molecule has 4 nitrogen and oxygen atoms in total. The molecule has 2 rings (SSSR count). The van der Waals surface area contributed by atoms with Crippen LogP contribution in [0.5, 0.6) is 0 Å². The summed E-state index contributed by atoms with van der Waals surface area (Å²) in [5.74, 6) is -0.0641. The first-order chi connectivity index (χ1) is 8.69. The Balaban J connectivity index is 1.94. The summed E-state index contributed by atoms with van der Waals surface area (Å²) in [5.41, 5.74) is 7.51. The summed E-state index contributed by atoms with van der Waals surface area (Å²) in [6.07, 6.45) is 6.55. The Morgan fingerprint density at radius 3 is 2.83 bits per heavy atom. The molecular weight excluding hydrogens is 226 g/mol. The Morgan fingerprint density at radius 2 is 2.17 bits per heavy atom. The van der Waals surface area contributed by atoms with Crippen LogP contribution >= 0.6 is 0 Å². The molecule has 0 atom stereocenters. The molecule has 0 bridgehead atoms. The third-order valence-corrected chi connectivity index (χ3v) is 3.57. The van der Waals surface area contributed by atoms with Gasteiger partial charge in [-0.05, 0) is 49.8 Å². The van der Waals surface area contributed by atoms with E-state index in [1.807, 2.05) is 12.1 Å². The van der Waals surface area contributed by atoms with Gasteiger partial charge in [-0.3, -0.25) is 9.78 Å². The number of aryl methyl sites for hydroxylation is 1. The molecule has 1 saturated carbocycles. The molecule has 0 saturated heterocycles. The van der Waals surface area contributed by atoms with Gasteiger partial charge in [0.25, 0.3) is 5.91 Å². The fraction of sp³-hybridized carbons (Fsp3) is 0.571. The molecule has 1 aliphatic rings. The topological polar surface area (TPSA) is 68.0 Å². The zero-order valence-electron chi connectivity index (χ0n) is 10.9. The molecule has 0 aromatic carbocycles. The second kappa shape index (κ2) is 5.96. The monoisotopic (exact) mass is 247 g/mol. The maximum absolute atomic E-state index is 12.1. The van der Waals surface area contributed by atoms with Crippen LogP contribution in [-0.2, 0) is 6.42 Å². The van der Waals surface area contributed by atoms with Gasteiger partial charge in [-0.2, -0.15) is 0 Å². The van der Waals surface area contributed by atoms with Gasteiger partial charge < -0.3 is 11.1 Å². The van der Waals surface area contributed by atoms with Crippen molar-refractivity contribution in [1.82, 2.24) is 10.3 Å². The van der Waals surface area contributed by atoms with Gasteiger partial charge in [0.15, 0.2) is 0 Å².